The lowest BCUT2D eigenvalue weighted by molar-refractivity contribution is -0.144. The summed E-state index contributed by atoms with van der Waals surface area (Å²) < 4.78 is 0. The molecule has 0 spiro atoms. The standard InChI is InChI=1S/C15H19NO5/c17-10-5-6-13(18)12(7-10)14(19)16-8-9-3-1-2-4-11(9)15(20)21/h5-7,9,11,17-18H,1-4,8H2,(H,16,19)(H,20,21). The van der Waals surface area contributed by atoms with Gasteiger partial charge in [0.05, 0.1) is 11.5 Å². The van der Waals surface area contributed by atoms with E-state index in [1.807, 2.05) is 0 Å². The summed E-state index contributed by atoms with van der Waals surface area (Å²) in [4.78, 5) is 23.2. The van der Waals surface area contributed by atoms with E-state index in [-0.39, 0.29) is 29.5 Å². The van der Waals surface area contributed by atoms with Crippen LogP contribution in [0.2, 0.25) is 0 Å². The molecule has 1 aliphatic carbocycles. The van der Waals surface area contributed by atoms with Gasteiger partial charge in [0, 0.05) is 6.54 Å². The van der Waals surface area contributed by atoms with Crippen molar-refractivity contribution in [3.05, 3.63) is 23.8 Å². The second-order valence-electron chi connectivity index (χ2n) is 5.40. The Hall–Kier alpha value is -2.24. The lowest BCUT2D eigenvalue weighted by atomic mass is 9.79. The van der Waals surface area contributed by atoms with Crippen molar-refractivity contribution < 1.29 is 24.9 Å². The molecule has 21 heavy (non-hydrogen) atoms. The van der Waals surface area contributed by atoms with Crippen LogP contribution in [0.1, 0.15) is 36.0 Å². The molecule has 1 aliphatic rings. The molecule has 0 bridgehead atoms. The first-order valence-electron chi connectivity index (χ1n) is 7.02. The zero-order chi connectivity index (χ0) is 15.4. The second kappa shape index (κ2) is 6.47. The maximum atomic E-state index is 12.0. The highest BCUT2D eigenvalue weighted by molar-refractivity contribution is 5.97. The summed E-state index contributed by atoms with van der Waals surface area (Å²) >= 11 is 0. The molecule has 1 saturated carbocycles. The van der Waals surface area contributed by atoms with Gasteiger partial charge in [-0.05, 0) is 37.0 Å². The molecule has 2 atom stereocenters. The van der Waals surface area contributed by atoms with Crippen LogP contribution in [0.3, 0.4) is 0 Å². The fraction of sp³-hybridized carbons (Fsp3) is 0.467. The molecule has 0 saturated heterocycles. The van der Waals surface area contributed by atoms with Gasteiger partial charge < -0.3 is 20.6 Å². The minimum Gasteiger partial charge on any atom is -0.508 e. The number of carboxylic acid groups (broad SMARTS) is 1. The van der Waals surface area contributed by atoms with Crippen LogP contribution in [0.25, 0.3) is 0 Å². The van der Waals surface area contributed by atoms with Crippen molar-refractivity contribution in [1.82, 2.24) is 5.32 Å². The van der Waals surface area contributed by atoms with Crippen molar-refractivity contribution in [3.8, 4) is 11.5 Å². The molecule has 6 nitrogen and oxygen atoms in total. The van der Waals surface area contributed by atoms with Crippen molar-refractivity contribution in [2.75, 3.05) is 6.54 Å². The molecule has 0 aromatic heterocycles. The van der Waals surface area contributed by atoms with E-state index in [9.17, 15) is 24.9 Å². The third-order valence-corrected chi connectivity index (χ3v) is 3.98. The van der Waals surface area contributed by atoms with Gasteiger partial charge in [0.25, 0.3) is 5.91 Å². The maximum absolute atomic E-state index is 12.0. The van der Waals surface area contributed by atoms with Crippen LogP contribution in [0.4, 0.5) is 0 Å². The number of rotatable bonds is 4. The number of carboxylic acids is 1. The molecule has 1 amide bonds. The average molecular weight is 293 g/mol. The van der Waals surface area contributed by atoms with Crippen LogP contribution in [-0.2, 0) is 4.79 Å². The van der Waals surface area contributed by atoms with Crippen molar-refractivity contribution in [2.45, 2.75) is 25.7 Å². The van der Waals surface area contributed by atoms with Gasteiger partial charge in [-0.1, -0.05) is 12.8 Å². The lowest BCUT2D eigenvalue weighted by Gasteiger charge is -2.28. The van der Waals surface area contributed by atoms with Crippen molar-refractivity contribution in [2.24, 2.45) is 11.8 Å². The summed E-state index contributed by atoms with van der Waals surface area (Å²) in [7, 11) is 0. The third kappa shape index (κ3) is 3.65. The first-order chi connectivity index (χ1) is 9.99. The number of aliphatic carboxylic acids is 1. The molecule has 6 heteroatoms. The summed E-state index contributed by atoms with van der Waals surface area (Å²) in [6.45, 7) is 0.255. The van der Waals surface area contributed by atoms with Gasteiger partial charge >= 0.3 is 5.97 Å². The van der Waals surface area contributed by atoms with Gasteiger partial charge in [0.15, 0.2) is 0 Å². The van der Waals surface area contributed by atoms with E-state index in [0.29, 0.717) is 6.42 Å². The number of hydrogen-bond acceptors (Lipinski definition) is 4. The van der Waals surface area contributed by atoms with E-state index >= 15 is 0 Å². The van der Waals surface area contributed by atoms with Crippen LogP contribution in [0.5, 0.6) is 11.5 Å². The van der Waals surface area contributed by atoms with Gasteiger partial charge in [0.2, 0.25) is 0 Å². The van der Waals surface area contributed by atoms with E-state index in [2.05, 4.69) is 5.32 Å². The van der Waals surface area contributed by atoms with Crippen LogP contribution >= 0.6 is 0 Å². The predicted octanol–water partition coefficient (Wildman–Crippen LogP) is 1.72. The van der Waals surface area contributed by atoms with E-state index < -0.39 is 17.8 Å². The summed E-state index contributed by atoms with van der Waals surface area (Å²) in [6.07, 6.45) is 3.26. The van der Waals surface area contributed by atoms with Gasteiger partial charge in [-0.15, -0.1) is 0 Å². The largest absolute Gasteiger partial charge is 0.508 e. The second-order valence-corrected chi connectivity index (χ2v) is 5.40. The minimum absolute atomic E-state index is 0.0160. The Morgan fingerprint density at radius 3 is 2.62 bits per heavy atom. The topological polar surface area (TPSA) is 107 Å². The minimum atomic E-state index is -0.825. The number of benzene rings is 1. The number of nitrogens with one attached hydrogen (secondary N) is 1. The highest BCUT2D eigenvalue weighted by Crippen LogP contribution is 2.30. The van der Waals surface area contributed by atoms with Crippen molar-refractivity contribution in [1.29, 1.82) is 0 Å². The Morgan fingerprint density at radius 2 is 1.90 bits per heavy atom. The van der Waals surface area contributed by atoms with Gasteiger partial charge in [-0.25, -0.2) is 0 Å². The molecule has 0 aliphatic heterocycles. The average Bonchev–Trinajstić information content (AvgIpc) is 2.47. The maximum Gasteiger partial charge on any atom is 0.306 e. The van der Waals surface area contributed by atoms with Crippen molar-refractivity contribution >= 4 is 11.9 Å². The molecule has 2 unspecified atom stereocenters. The molecule has 4 N–H and O–H groups in total. The smallest absolute Gasteiger partial charge is 0.306 e. The Labute approximate surface area is 122 Å². The molecule has 1 aromatic rings. The number of aromatic hydroxyl groups is 2. The molecule has 114 valence electrons. The number of phenolic OH excluding ortho intramolecular Hbond substituents is 2. The van der Waals surface area contributed by atoms with Crippen LogP contribution < -0.4 is 5.32 Å². The molecule has 1 aromatic carbocycles. The third-order valence-electron chi connectivity index (χ3n) is 3.98. The fourth-order valence-corrected chi connectivity index (χ4v) is 2.80. The van der Waals surface area contributed by atoms with E-state index in [1.54, 1.807) is 0 Å². The number of phenols is 2. The van der Waals surface area contributed by atoms with Gasteiger partial charge in [-0.3, -0.25) is 9.59 Å². The molecule has 0 radical (unpaired) electrons. The quantitative estimate of drug-likeness (QED) is 0.632. The number of amides is 1. The molecular formula is C15H19NO5. The van der Waals surface area contributed by atoms with E-state index in [0.717, 1.165) is 19.3 Å². The number of carbonyl (C=O) groups excluding carboxylic acids is 1. The Balaban J connectivity index is 1.99. The first-order valence-corrected chi connectivity index (χ1v) is 7.02. The summed E-state index contributed by atoms with van der Waals surface area (Å²) in [5.41, 5.74) is -0.0160. The highest BCUT2D eigenvalue weighted by atomic mass is 16.4. The zero-order valence-electron chi connectivity index (χ0n) is 11.6. The summed E-state index contributed by atoms with van der Waals surface area (Å²) in [6, 6.07) is 3.71. The van der Waals surface area contributed by atoms with Crippen LogP contribution in [0, 0.1) is 11.8 Å². The SMILES string of the molecule is O=C(NCC1CCCCC1C(=O)O)c1cc(O)ccc1O. The van der Waals surface area contributed by atoms with E-state index in [1.165, 1.54) is 18.2 Å². The zero-order valence-corrected chi connectivity index (χ0v) is 11.6. The highest BCUT2D eigenvalue weighted by Gasteiger charge is 2.31. The van der Waals surface area contributed by atoms with Gasteiger partial charge in [-0.2, -0.15) is 0 Å². The number of hydrogen-bond donors (Lipinski definition) is 4. The normalized spacial score (nSPS) is 21.7. The fourth-order valence-electron chi connectivity index (χ4n) is 2.80. The lowest BCUT2D eigenvalue weighted by Crippen LogP contribution is -2.37. The molecule has 2 rings (SSSR count). The molecular weight excluding hydrogens is 274 g/mol. The Kier molecular flexibility index (Phi) is 4.67. The van der Waals surface area contributed by atoms with Gasteiger partial charge in [0.1, 0.15) is 11.5 Å². The summed E-state index contributed by atoms with van der Waals surface area (Å²) in [5, 5.41) is 30.8. The Bertz CT molecular complexity index is 543. The monoisotopic (exact) mass is 293 g/mol. The number of carbonyl (C=O) groups is 2. The molecule has 0 heterocycles. The summed E-state index contributed by atoms with van der Waals surface area (Å²) in [5.74, 6) is -2.20. The Morgan fingerprint density at radius 1 is 1.19 bits per heavy atom. The predicted molar refractivity (Wildman–Crippen MR) is 75.2 cm³/mol. The van der Waals surface area contributed by atoms with Crippen LogP contribution in [0.15, 0.2) is 18.2 Å². The first kappa shape index (κ1) is 15.2. The van der Waals surface area contributed by atoms with E-state index in [4.69, 9.17) is 0 Å². The van der Waals surface area contributed by atoms with Crippen LogP contribution in [-0.4, -0.2) is 33.7 Å². The molecule has 1 fully saturated rings. The van der Waals surface area contributed by atoms with Crippen molar-refractivity contribution in [3.63, 3.8) is 0 Å².